The molecule has 0 spiro atoms. The number of nitrogens with one attached hydrogen (secondary N) is 1. The highest BCUT2D eigenvalue weighted by Gasteiger charge is 2.16. The fraction of sp³-hybridized carbons (Fsp3) is 0.636. The van der Waals surface area contributed by atoms with Gasteiger partial charge >= 0.3 is 0 Å². The Bertz CT molecular complexity index is 343. The maximum absolute atomic E-state index is 11.7. The van der Waals surface area contributed by atoms with Crippen molar-refractivity contribution in [2.75, 3.05) is 26.4 Å². The number of aliphatic hydroxyl groups excluding tert-OH is 1. The van der Waals surface area contributed by atoms with Gasteiger partial charge in [-0.25, -0.2) is 0 Å². The van der Waals surface area contributed by atoms with Gasteiger partial charge in [0.05, 0.1) is 18.9 Å². The van der Waals surface area contributed by atoms with E-state index < -0.39 is 0 Å². The van der Waals surface area contributed by atoms with Crippen molar-refractivity contribution in [1.29, 1.82) is 0 Å². The quantitative estimate of drug-likeness (QED) is 0.677. The first-order chi connectivity index (χ1) is 8.16. The van der Waals surface area contributed by atoms with E-state index in [-0.39, 0.29) is 12.5 Å². The van der Waals surface area contributed by atoms with Gasteiger partial charge in [-0.3, -0.25) is 4.79 Å². The standard InChI is InChI=1S/C11H18N2O4/c1-8-10(9(2)17-13-8)11(15)12-4-3-6-16-7-5-14/h14H,3-7H2,1-2H3,(H,12,15). The molecule has 1 aromatic heterocycles. The summed E-state index contributed by atoms with van der Waals surface area (Å²) in [6.45, 7) is 4.83. The Hall–Kier alpha value is -1.40. The van der Waals surface area contributed by atoms with Crippen molar-refractivity contribution < 1.29 is 19.2 Å². The molecule has 0 aromatic carbocycles. The van der Waals surface area contributed by atoms with Gasteiger partial charge in [0, 0.05) is 13.2 Å². The third-order valence-corrected chi connectivity index (χ3v) is 2.25. The lowest BCUT2D eigenvalue weighted by atomic mass is 10.2. The molecule has 0 radical (unpaired) electrons. The second kappa shape index (κ2) is 7.03. The highest BCUT2D eigenvalue weighted by molar-refractivity contribution is 5.95. The molecule has 0 aliphatic heterocycles. The number of carbonyl (C=O) groups is 1. The maximum Gasteiger partial charge on any atom is 0.256 e. The van der Waals surface area contributed by atoms with Crippen LogP contribution in [0.25, 0.3) is 0 Å². The third kappa shape index (κ3) is 4.16. The van der Waals surface area contributed by atoms with Gasteiger partial charge in [0.2, 0.25) is 0 Å². The number of aromatic nitrogens is 1. The van der Waals surface area contributed by atoms with Crippen LogP contribution in [-0.2, 0) is 4.74 Å². The summed E-state index contributed by atoms with van der Waals surface area (Å²) in [5.41, 5.74) is 1.10. The Kier molecular flexibility index (Phi) is 5.65. The molecule has 0 aliphatic carbocycles. The van der Waals surface area contributed by atoms with Crippen LogP contribution in [0.2, 0.25) is 0 Å². The molecule has 17 heavy (non-hydrogen) atoms. The van der Waals surface area contributed by atoms with Crippen LogP contribution in [-0.4, -0.2) is 42.5 Å². The zero-order valence-electron chi connectivity index (χ0n) is 10.2. The number of rotatable bonds is 7. The monoisotopic (exact) mass is 242 g/mol. The SMILES string of the molecule is Cc1noc(C)c1C(=O)NCCCOCCO. The molecule has 0 bridgehead atoms. The van der Waals surface area contributed by atoms with E-state index in [1.54, 1.807) is 13.8 Å². The second-order valence-electron chi connectivity index (χ2n) is 3.64. The molecule has 6 heteroatoms. The van der Waals surface area contributed by atoms with Crippen LogP contribution in [0.15, 0.2) is 4.52 Å². The third-order valence-electron chi connectivity index (χ3n) is 2.25. The van der Waals surface area contributed by atoms with Crippen LogP contribution >= 0.6 is 0 Å². The predicted octanol–water partition coefficient (Wildman–Crippen LogP) is 0.420. The van der Waals surface area contributed by atoms with Crippen LogP contribution in [0.3, 0.4) is 0 Å². The minimum absolute atomic E-state index is 0.0193. The first-order valence-corrected chi connectivity index (χ1v) is 5.56. The topological polar surface area (TPSA) is 84.6 Å². The summed E-state index contributed by atoms with van der Waals surface area (Å²) in [5, 5.41) is 15.0. The van der Waals surface area contributed by atoms with Gasteiger partial charge in [-0.2, -0.15) is 0 Å². The van der Waals surface area contributed by atoms with Crippen LogP contribution < -0.4 is 5.32 Å². The Morgan fingerprint density at radius 1 is 1.47 bits per heavy atom. The molecule has 0 saturated carbocycles. The van der Waals surface area contributed by atoms with Crippen molar-refractivity contribution in [3.05, 3.63) is 17.0 Å². The number of hydrogen-bond donors (Lipinski definition) is 2. The largest absolute Gasteiger partial charge is 0.394 e. The molecule has 1 amide bonds. The zero-order chi connectivity index (χ0) is 12.7. The minimum atomic E-state index is -0.177. The Balaban J connectivity index is 2.26. The van der Waals surface area contributed by atoms with Crippen LogP contribution in [0, 0.1) is 13.8 Å². The summed E-state index contributed by atoms with van der Waals surface area (Å²) in [5.74, 6) is 0.347. The molecular weight excluding hydrogens is 224 g/mol. The maximum atomic E-state index is 11.7. The summed E-state index contributed by atoms with van der Waals surface area (Å²) in [7, 11) is 0. The molecule has 2 N–H and O–H groups in total. The van der Waals surface area contributed by atoms with E-state index in [9.17, 15) is 4.79 Å². The molecule has 0 aliphatic rings. The van der Waals surface area contributed by atoms with E-state index in [0.29, 0.717) is 43.2 Å². The van der Waals surface area contributed by atoms with E-state index >= 15 is 0 Å². The van der Waals surface area contributed by atoms with Crippen LogP contribution in [0.5, 0.6) is 0 Å². The summed E-state index contributed by atoms with van der Waals surface area (Å²) < 4.78 is 9.98. The van der Waals surface area contributed by atoms with E-state index in [2.05, 4.69) is 10.5 Å². The van der Waals surface area contributed by atoms with Crippen molar-refractivity contribution >= 4 is 5.91 Å². The summed E-state index contributed by atoms with van der Waals surface area (Å²) in [6, 6.07) is 0. The van der Waals surface area contributed by atoms with E-state index in [0.717, 1.165) is 0 Å². The van der Waals surface area contributed by atoms with Gasteiger partial charge < -0.3 is 19.7 Å². The molecule has 0 saturated heterocycles. The lowest BCUT2D eigenvalue weighted by Gasteiger charge is -2.05. The van der Waals surface area contributed by atoms with E-state index in [4.69, 9.17) is 14.4 Å². The van der Waals surface area contributed by atoms with Crippen LogP contribution in [0.4, 0.5) is 0 Å². The van der Waals surface area contributed by atoms with Crippen molar-refractivity contribution in [2.24, 2.45) is 0 Å². The first kappa shape index (κ1) is 13.7. The molecule has 0 unspecified atom stereocenters. The number of carbonyl (C=O) groups excluding carboxylic acids is 1. The fourth-order valence-electron chi connectivity index (χ4n) is 1.44. The number of ether oxygens (including phenoxy) is 1. The minimum Gasteiger partial charge on any atom is -0.394 e. The molecule has 6 nitrogen and oxygen atoms in total. The number of aryl methyl sites for hydroxylation is 2. The van der Waals surface area contributed by atoms with Gasteiger partial charge in [0.1, 0.15) is 11.3 Å². The molecule has 1 aromatic rings. The number of hydrogen-bond acceptors (Lipinski definition) is 5. The number of aliphatic hydroxyl groups is 1. The lowest BCUT2D eigenvalue weighted by molar-refractivity contribution is 0.0867. The summed E-state index contributed by atoms with van der Waals surface area (Å²) in [6.07, 6.45) is 0.703. The molecule has 0 atom stereocenters. The van der Waals surface area contributed by atoms with Crippen molar-refractivity contribution in [3.8, 4) is 0 Å². The van der Waals surface area contributed by atoms with Gasteiger partial charge in [-0.05, 0) is 20.3 Å². The number of nitrogens with zero attached hydrogens (tertiary/aromatic N) is 1. The van der Waals surface area contributed by atoms with Crippen LogP contribution in [0.1, 0.15) is 28.2 Å². The van der Waals surface area contributed by atoms with Crippen molar-refractivity contribution in [3.63, 3.8) is 0 Å². The Morgan fingerprint density at radius 2 is 2.24 bits per heavy atom. The first-order valence-electron chi connectivity index (χ1n) is 5.56. The summed E-state index contributed by atoms with van der Waals surface area (Å²) in [4.78, 5) is 11.7. The van der Waals surface area contributed by atoms with E-state index in [1.165, 1.54) is 0 Å². The Morgan fingerprint density at radius 3 is 2.82 bits per heavy atom. The van der Waals surface area contributed by atoms with Crippen molar-refractivity contribution in [2.45, 2.75) is 20.3 Å². The van der Waals surface area contributed by atoms with Gasteiger partial charge in [0.25, 0.3) is 5.91 Å². The number of amides is 1. The summed E-state index contributed by atoms with van der Waals surface area (Å²) >= 11 is 0. The van der Waals surface area contributed by atoms with Gasteiger partial charge in [-0.1, -0.05) is 5.16 Å². The highest BCUT2D eigenvalue weighted by atomic mass is 16.5. The smallest absolute Gasteiger partial charge is 0.256 e. The average molecular weight is 242 g/mol. The van der Waals surface area contributed by atoms with Gasteiger partial charge in [0.15, 0.2) is 0 Å². The highest BCUT2D eigenvalue weighted by Crippen LogP contribution is 2.11. The zero-order valence-corrected chi connectivity index (χ0v) is 10.2. The molecule has 1 heterocycles. The molecule has 1 rings (SSSR count). The Labute approximate surface area is 99.9 Å². The molecule has 96 valence electrons. The van der Waals surface area contributed by atoms with E-state index in [1.807, 2.05) is 0 Å². The molecule has 0 fully saturated rings. The second-order valence-corrected chi connectivity index (χ2v) is 3.64. The lowest BCUT2D eigenvalue weighted by Crippen LogP contribution is -2.26. The van der Waals surface area contributed by atoms with Gasteiger partial charge in [-0.15, -0.1) is 0 Å². The normalized spacial score (nSPS) is 10.5. The average Bonchev–Trinajstić information content (AvgIpc) is 2.63. The van der Waals surface area contributed by atoms with Crippen molar-refractivity contribution in [1.82, 2.24) is 10.5 Å². The molecular formula is C11H18N2O4. The predicted molar refractivity (Wildman–Crippen MR) is 60.8 cm³/mol. The fourth-order valence-corrected chi connectivity index (χ4v) is 1.44.